The average Bonchev–Trinajstić information content (AvgIpc) is 3.13. The molecule has 3 saturated carbocycles. The molecule has 7 nitrogen and oxygen atoms in total. The summed E-state index contributed by atoms with van der Waals surface area (Å²) in [5.74, 6) is -4.68. The SMILES string of the molecule is CC1(C)O[C@@H]2C[C@H]3[C@@H]4C[C@H](F)C5=C(Cl)C(=O)C=C[C@]5(C)[C@@]4(F)[C@@H](O)C[C@]3(C)[C@]2(C(=O)C(O)O)O1. The molecule has 0 aromatic carbocycles. The van der Waals surface area contributed by atoms with Gasteiger partial charge >= 0.3 is 0 Å². The summed E-state index contributed by atoms with van der Waals surface area (Å²) in [6, 6.07) is 0. The third kappa shape index (κ3) is 2.58. The summed E-state index contributed by atoms with van der Waals surface area (Å²) >= 11 is 6.16. The fraction of sp³-hybridized carbons (Fsp3) is 0.750. The Morgan fingerprint density at radius 1 is 1.21 bits per heavy atom. The van der Waals surface area contributed by atoms with Crippen molar-refractivity contribution in [2.75, 3.05) is 0 Å². The second-order valence-corrected chi connectivity index (χ2v) is 11.6. The van der Waals surface area contributed by atoms with Crippen LogP contribution in [0.15, 0.2) is 22.8 Å². The molecule has 1 aliphatic heterocycles. The number of hydrogen-bond acceptors (Lipinski definition) is 7. The lowest BCUT2D eigenvalue weighted by Crippen LogP contribution is -2.71. The lowest BCUT2D eigenvalue weighted by atomic mass is 9.44. The number of aliphatic hydroxyl groups excluding tert-OH is 2. The third-order valence-corrected chi connectivity index (χ3v) is 9.69. The van der Waals surface area contributed by atoms with Crippen LogP contribution < -0.4 is 0 Å². The molecule has 34 heavy (non-hydrogen) atoms. The van der Waals surface area contributed by atoms with Gasteiger partial charge in [0.2, 0.25) is 12.1 Å². The second kappa shape index (κ2) is 6.95. The van der Waals surface area contributed by atoms with Gasteiger partial charge in [0.15, 0.2) is 22.8 Å². The van der Waals surface area contributed by atoms with Gasteiger partial charge in [-0.3, -0.25) is 9.59 Å². The molecule has 0 bridgehead atoms. The fourth-order valence-corrected chi connectivity index (χ4v) is 8.40. The number of fused-ring (bicyclic) bond motifs is 7. The van der Waals surface area contributed by atoms with Gasteiger partial charge < -0.3 is 24.8 Å². The third-order valence-electron chi connectivity index (χ3n) is 9.30. The van der Waals surface area contributed by atoms with E-state index in [1.54, 1.807) is 20.8 Å². The number of Topliss-reactive ketones (excluding diaryl/α,β-unsaturated/α-hetero) is 1. The Bertz CT molecular complexity index is 1040. The van der Waals surface area contributed by atoms with Crippen LogP contribution in [0.3, 0.4) is 0 Å². The molecule has 0 unspecified atom stereocenters. The Morgan fingerprint density at radius 3 is 2.47 bits per heavy atom. The molecule has 4 fully saturated rings. The minimum absolute atomic E-state index is 0.0969. The Morgan fingerprint density at radius 2 is 1.85 bits per heavy atom. The maximum absolute atomic E-state index is 17.3. The van der Waals surface area contributed by atoms with Gasteiger partial charge in [-0.15, -0.1) is 0 Å². The van der Waals surface area contributed by atoms with E-state index in [2.05, 4.69) is 0 Å². The summed E-state index contributed by atoms with van der Waals surface area (Å²) in [5.41, 5.74) is -7.42. The lowest BCUT2D eigenvalue weighted by Gasteiger charge is -2.63. The number of ketones is 2. The number of hydrogen-bond donors (Lipinski definition) is 3. The van der Waals surface area contributed by atoms with Gasteiger partial charge in [0.05, 0.1) is 17.2 Å². The van der Waals surface area contributed by atoms with Crippen LogP contribution in [-0.4, -0.2) is 68.6 Å². The number of aliphatic hydroxyl groups is 3. The number of ether oxygens (including phenoxy) is 2. The molecule has 3 N–H and O–H groups in total. The van der Waals surface area contributed by atoms with Gasteiger partial charge in [-0.25, -0.2) is 8.78 Å². The minimum atomic E-state index is -2.40. The predicted octanol–water partition coefficient (Wildman–Crippen LogP) is 2.25. The topological polar surface area (TPSA) is 113 Å². The zero-order valence-corrected chi connectivity index (χ0v) is 20.1. The van der Waals surface area contributed by atoms with E-state index < -0.39 is 76.0 Å². The van der Waals surface area contributed by atoms with E-state index in [-0.39, 0.29) is 29.9 Å². The van der Waals surface area contributed by atoms with Crippen molar-refractivity contribution in [3.63, 3.8) is 0 Å². The Labute approximate surface area is 200 Å². The zero-order chi connectivity index (χ0) is 25.2. The van der Waals surface area contributed by atoms with E-state index in [4.69, 9.17) is 21.1 Å². The van der Waals surface area contributed by atoms with Crippen molar-refractivity contribution in [2.45, 2.75) is 88.7 Å². The van der Waals surface area contributed by atoms with Crippen molar-refractivity contribution in [1.29, 1.82) is 0 Å². The second-order valence-electron chi connectivity index (χ2n) is 11.3. The van der Waals surface area contributed by atoms with Crippen molar-refractivity contribution in [3.05, 3.63) is 22.8 Å². The molecule has 0 aromatic rings. The van der Waals surface area contributed by atoms with E-state index in [0.29, 0.717) is 0 Å². The first-order chi connectivity index (χ1) is 15.6. The van der Waals surface area contributed by atoms with Crippen LogP contribution in [0.5, 0.6) is 0 Å². The molecule has 188 valence electrons. The van der Waals surface area contributed by atoms with Crippen LogP contribution in [0.4, 0.5) is 8.78 Å². The van der Waals surface area contributed by atoms with Crippen molar-refractivity contribution in [2.24, 2.45) is 22.7 Å². The first-order valence-corrected chi connectivity index (χ1v) is 11.9. The molecule has 0 aromatic heterocycles. The molecule has 0 radical (unpaired) electrons. The Balaban J connectivity index is 1.68. The van der Waals surface area contributed by atoms with E-state index in [1.807, 2.05) is 0 Å². The minimum Gasteiger partial charge on any atom is -0.390 e. The van der Waals surface area contributed by atoms with Crippen molar-refractivity contribution in [3.8, 4) is 0 Å². The number of carbonyl (C=O) groups excluding carboxylic acids is 2. The number of alkyl halides is 2. The lowest BCUT2D eigenvalue weighted by molar-refractivity contribution is -0.253. The van der Waals surface area contributed by atoms with Crippen LogP contribution >= 0.6 is 11.6 Å². The first-order valence-electron chi connectivity index (χ1n) is 11.5. The molecule has 9 atom stereocenters. The number of rotatable bonds is 2. The summed E-state index contributed by atoms with van der Waals surface area (Å²) in [4.78, 5) is 25.4. The molecule has 10 heteroatoms. The smallest absolute Gasteiger partial charge is 0.223 e. The summed E-state index contributed by atoms with van der Waals surface area (Å²) in [6.07, 6.45) is -4.92. The van der Waals surface area contributed by atoms with E-state index >= 15 is 8.78 Å². The highest BCUT2D eigenvalue weighted by molar-refractivity contribution is 6.45. The molecule has 5 aliphatic rings. The van der Waals surface area contributed by atoms with Crippen molar-refractivity contribution in [1.82, 2.24) is 0 Å². The van der Waals surface area contributed by atoms with E-state index in [1.165, 1.54) is 13.0 Å². The Kier molecular flexibility index (Phi) is 5.00. The molecule has 4 aliphatic carbocycles. The van der Waals surface area contributed by atoms with Crippen LogP contribution in [-0.2, 0) is 19.1 Å². The number of halogens is 3. The molecular formula is C24H29ClF2O7. The highest BCUT2D eigenvalue weighted by Crippen LogP contribution is 2.73. The van der Waals surface area contributed by atoms with Gasteiger partial charge in [-0.1, -0.05) is 24.6 Å². The van der Waals surface area contributed by atoms with Crippen LogP contribution in [0.1, 0.15) is 47.0 Å². The highest BCUT2D eigenvalue weighted by Gasteiger charge is 2.81. The number of carbonyl (C=O) groups is 2. The van der Waals surface area contributed by atoms with Gasteiger partial charge in [0, 0.05) is 16.7 Å². The van der Waals surface area contributed by atoms with Gasteiger partial charge in [0.25, 0.3) is 0 Å². The van der Waals surface area contributed by atoms with Gasteiger partial charge in [-0.2, -0.15) is 0 Å². The van der Waals surface area contributed by atoms with Gasteiger partial charge in [0.1, 0.15) is 6.17 Å². The van der Waals surface area contributed by atoms with Crippen molar-refractivity contribution < 1.29 is 43.2 Å². The fourth-order valence-electron chi connectivity index (χ4n) is 8.02. The summed E-state index contributed by atoms with van der Waals surface area (Å²) in [6.45, 7) is 6.24. The highest BCUT2D eigenvalue weighted by atomic mass is 35.5. The van der Waals surface area contributed by atoms with Crippen molar-refractivity contribution >= 4 is 23.2 Å². The largest absolute Gasteiger partial charge is 0.390 e. The predicted molar refractivity (Wildman–Crippen MR) is 115 cm³/mol. The van der Waals surface area contributed by atoms with Crippen LogP contribution in [0, 0.1) is 22.7 Å². The van der Waals surface area contributed by atoms with E-state index in [0.717, 1.165) is 6.08 Å². The molecule has 0 spiro atoms. The maximum Gasteiger partial charge on any atom is 0.223 e. The monoisotopic (exact) mass is 502 g/mol. The normalized spacial score (nSPS) is 51.3. The molecular weight excluding hydrogens is 474 g/mol. The molecule has 0 amide bonds. The molecule has 1 saturated heterocycles. The summed E-state index contributed by atoms with van der Waals surface area (Å²) in [7, 11) is 0. The average molecular weight is 503 g/mol. The zero-order valence-electron chi connectivity index (χ0n) is 19.3. The quantitative estimate of drug-likeness (QED) is 0.496. The first kappa shape index (κ1) is 24.5. The van der Waals surface area contributed by atoms with Gasteiger partial charge in [-0.05, 0) is 57.6 Å². The van der Waals surface area contributed by atoms with E-state index in [9.17, 15) is 24.9 Å². The standard InChI is InChI=1S/C24H29ClF2O7/c1-20(2)33-15-8-10-11-7-12(26)16-17(25)13(28)5-6-21(16,3)23(11,27)14(29)9-22(10,4)24(15,34-20)18(30)19(31)32/h5-6,10-12,14-15,19,29,31-32H,7-9H2,1-4H3/t10-,11-,12-,14-,15+,21-,22-,23-,24-/m0/s1. The van der Waals surface area contributed by atoms with Crippen LogP contribution in [0.25, 0.3) is 0 Å². The molecule has 1 heterocycles. The van der Waals surface area contributed by atoms with Crippen LogP contribution in [0.2, 0.25) is 0 Å². The number of allylic oxidation sites excluding steroid dienone is 4. The maximum atomic E-state index is 17.3. The summed E-state index contributed by atoms with van der Waals surface area (Å²) in [5, 5.41) is 30.7. The Hall–Kier alpha value is -1.23. The summed E-state index contributed by atoms with van der Waals surface area (Å²) < 4.78 is 45.0. The molecule has 5 rings (SSSR count).